The van der Waals surface area contributed by atoms with Crippen LogP contribution in [0.1, 0.15) is 89.5 Å². The van der Waals surface area contributed by atoms with Crippen LogP contribution in [0, 0.1) is 5.92 Å². The molecule has 1 saturated carbocycles. The minimum atomic E-state index is -0.109. The highest BCUT2D eigenvalue weighted by Crippen LogP contribution is 2.26. The summed E-state index contributed by atoms with van der Waals surface area (Å²) < 4.78 is 5.96. The number of rotatable bonds is 13. The maximum Gasteiger partial charge on any atom is 0.159 e. The Morgan fingerprint density at radius 3 is 2.10 bits per heavy atom. The Morgan fingerprint density at radius 2 is 1.45 bits per heavy atom. The minimum Gasteiger partial charge on any atom is -0.493 e. The van der Waals surface area contributed by atoms with E-state index < -0.39 is 0 Å². The molecule has 170 valence electrons. The second-order valence-electron chi connectivity index (χ2n) is 9.15. The fourth-order valence-electron chi connectivity index (χ4n) is 4.32. The van der Waals surface area contributed by atoms with Gasteiger partial charge in [-0.05, 0) is 74.3 Å². The number of hydrogen-bond donors (Lipinski definition) is 1. The van der Waals surface area contributed by atoms with Gasteiger partial charge in [-0.25, -0.2) is 9.97 Å². The van der Waals surface area contributed by atoms with Gasteiger partial charge in [-0.2, -0.15) is 0 Å². The molecule has 1 N–H and O–H groups in total. The molecule has 0 atom stereocenters. The largest absolute Gasteiger partial charge is 0.493 e. The van der Waals surface area contributed by atoms with Gasteiger partial charge in [0.15, 0.2) is 5.82 Å². The molecule has 1 aromatic carbocycles. The lowest BCUT2D eigenvalue weighted by Crippen LogP contribution is -2.22. The van der Waals surface area contributed by atoms with Crippen molar-refractivity contribution in [1.29, 1.82) is 0 Å². The maximum absolute atomic E-state index is 9.61. The first kappa shape index (κ1) is 23.7. The standard InChI is InChI=1S/C27H40N2O2/c1-2-3-4-5-6-7-8-9-10-23-19-28-27(29-20-23)24-13-17-26(18-14-24)31-21-22-11-15-25(30)16-12-22/h13-14,17-20,22,25,30H,2-12,15-16,21H2,1H3. The Balaban J connectivity index is 1.36. The van der Waals surface area contributed by atoms with Crippen molar-refractivity contribution >= 4 is 0 Å². The molecule has 0 bridgehead atoms. The van der Waals surface area contributed by atoms with Crippen LogP contribution < -0.4 is 4.74 Å². The Morgan fingerprint density at radius 1 is 0.839 bits per heavy atom. The first-order valence-electron chi connectivity index (χ1n) is 12.5. The monoisotopic (exact) mass is 424 g/mol. The number of aliphatic hydroxyl groups excluding tert-OH is 1. The Kier molecular flexibility index (Phi) is 10.3. The molecule has 0 radical (unpaired) electrons. The number of benzene rings is 1. The molecule has 4 heteroatoms. The Hall–Kier alpha value is -1.94. The van der Waals surface area contributed by atoms with Crippen LogP contribution in [0.3, 0.4) is 0 Å². The summed E-state index contributed by atoms with van der Waals surface area (Å²) in [5.41, 5.74) is 2.25. The van der Waals surface area contributed by atoms with Gasteiger partial charge in [0.2, 0.25) is 0 Å². The fraction of sp³-hybridized carbons (Fsp3) is 0.630. The van der Waals surface area contributed by atoms with Gasteiger partial charge in [-0.3, -0.25) is 0 Å². The van der Waals surface area contributed by atoms with Gasteiger partial charge >= 0.3 is 0 Å². The van der Waals surface area contributed by atoms with Gasteiger partial charge in [0, 0.05) is 18.0 Å². The van der Waals surface area contributed by atoms with Gasteiger partial charge in [0.05, 0.1) is 12.7 Å². The van der Waals surface area contributed by atoms with E-state index in [0.717, 1.165) is 55.8 Å². The average Bonchev–Trinajstić information content (AvgIpc) is 2.81. The molecule has 1 fully saturated rings. The Bertz CT molecular complexity index is 722. The normalized spacial score (nSPS) is 18.8. The van der Waals surface area contributed by atoms with Crippen molar-refractivity contribution in [3.05, 3.63) is 42.2 Å². The fourth-order valence-corrected chi connectivity index (χ4v) is 4.32. The molecule has 4 nitrogen and oxygen atoms in total. The lowest BCUT2D eigenvalue weighted by Gasteiger charge is -2.25. The van der Waals surface area contributed by atoms with Crippen LogP contribution in [0.15, 0.2) is 36.7 Å². The highest BCUT2D eigenvalue weighted by molar-refractivity contribution is 5.55. The van der Waals surface area contributed by atoms with Crippen molar-refractivity contribution in [2.24, 2.45) is 5.92 Å². The van der Waals surface area contributed by atoms with Crippen molar-refractivity contribution in [3.63, 3.8) is 0 Å². The summed E-state index contributed by atoms with van der Waals surface area (Å²) >= 11 is 0. The van der Waals surface area contributed by atoms with E-state index in [1.807, 2.05) is 36.7 Å². The van der Waals surface area contributed by atoms with E-state index in [4.69, 9.17) is 4.74 Å². The molecule has 1 aliphatic carbocycles. The highest BCUT2D eigenvalue weighted by Gasteiger charge is 2.19. The predicted molar refractivity (Wildman–Crippen MR) is 127 cm³/mol. The average molecular weight is 425 g/mol. The SMILES string of the molecule is CCCCCCCCCCc1cnc(-c2ccc(OCC3CCC(O)CC3)cc2)nc1. The molecule has 2 aromatic rings. The number of aromatic nitrogens is 2. The van der Waals surface area contributed by atoms with Crippen molar-refractivity contribution < 1.29 is 9.84 Å². The second-order valence-corrected chi connectivity index (χ2v) is 9.15. The van der Waals surface area contributed by atoms with Crippen LogP contribution in [0.4, 0.5) is 0 Å². The van der Waals surface area contributed by atoms with E-state index in [-0.39, 0.29) is 6.10 Å². The molecule has 31 heavy (non-hydrogen) atoms. The van der Waals surface area contributed by atoms with Gasteiger partial charge in [0.1, 0.15) is 5.75 Å². The summed E-state index contributed by atoms with van der Waals surface area (Å²) in [5.74, 6) is 2.22. The quantitative estimate of drug-likeness (QED) is 0.361. The van der Waals surface area contributed by atoms with Crippen LogP contribution >= 0.6 is 0 Å². The Labute approximate surface area is 188 Å². The van der Waals surface area contributed by atoms with Crippen molar-refractivity contribution in [2.45, 2.75) is 96.5 Å². The van der Waals surface area contributed by atoms with E-state index in [1.165, 1.54) is 56.9 Å². The molecule has 3 rings (SSSR count). The molecule has 0 unspecified atom stereocenters. The number of hydrogen-bond acceptors (Lipinski definition) is 4. The minimum absolute atomic E-state index is 0.109. The number of aryl methyl sites for hydroxylation is 1. The van der Waals surface area contributed by atoms with E-state index in [0.29, 0.717) is 5.92 Å². The van der Waals surface area contributed by atoms with Crippen LogP contribution in [-0.2, 0) is 6.42 Å². The summed E-state index contributed by atoms with van der Waals surface area (Å²) in [6.07, 6.45) is 19.6. The molecular weight excluding hydrogens is 384 g/mol. The first-order valence-corrected chi connectivity index (χ1v) is 12.5. The molecule has 0 saturated heterocycles. The lowest BCUT2D eigenvalue weighted by atomic mass is 9.88. The van der Waals surface area contributed by atoms with Crippen molar-refractivity contribution in [2.75, 3.05) is 6.61 Å². The zero-order valence-corrected chi connectivity index (χ0v) is 19.3. The summed E-state index contributed by atoms with van der Waals surface area (Å²) in [7, 11) is 0. The second kappa shape index (κ2) is 13.5. The smallest absolute Gasteiger partial charge is 0.159 e. The predicted octanol–water partition coefficient (Wildman–Crippen LogP) is 6.76. The van der Waals surface area contributed by atoms with Crippen LogP contribution in [0.2, 0.25) is 0 Å². The summed E-state index contributed by atoms with van der Waals surface area (Å²) in [4.78, 5) is 9.16. The summed E-state index contributed by atoms with van der Waals surface area (Å²) in [5, 5.41) is 9.61. The highest BCUT2D eigenvalue weighted by atomic mass is 16.5. The van der Waals surface area contributed by atoms with Crippen molar-refractivity contribution in [3.8, 4) is 17.1 Å². The molecule has 0 amide bonds. The molecule has 0 spiro atoms. The third-order valence-corrected chi connectivity index (χ3v) is 6.44. The molecule has 1 aliphatic rings. The third-order valence-electron chi connectivity index (χ3n) is 6.44. The van der Waals surface area contributed by atoms with Crippen LogP contribution in [0.5, 0.6) is 5.75 Å². The molecule has 1 aromatic heterocycles. The third kappa shape index (κ3) is 8.60. The number of nitrogens with zero attached hydrogens (tertiary/aromatic N) is 2. The zero-order valence-electron chi connectivity index (χ0n) is 19.3. The molecule has 0 aliphatic heterocycles. The molecule has 1 heterocycles. The van der Waals surface area contributed by atoms with Crippen molar-refractivity contribution in [1.82, 2.24) is 9.97 Å². The zero-order chi connectivity index (χ0) is 21.7. The van der Waals surface area contributed by atoms with Crippen LogP contribution in [-0.4, -0.2) is 27.8 Å². The van der Waals surface area contributed by atoms with E-state index in [2.05, 4.69) is 16.9 Å². The van der Waals surface area contributed by atoms with Gasteiger partial charge in [0.25, 0.3) is 0 Å². The maximum atomic E-state index is 9.61. The topological polar surface area (TPSA) is 55.2 Å². The van der Waals surface area contributed by atoms with Gasteiger partial charge in [-0.15, -0.1) is 0 Å². The number of aliphatic hydroxyl groups is 1. The molecular formula is C27H40N2O2. The first-order chi connectivity index (χ1) is 15.2. The van der Waals surface area contributed by atoms with E-state index >= 15 is 0 Å². The van der Waals surface area contributed by atoms with E-state index in [9.17, 15) is 5.11 Å². The van der Waals surface area contributed by atoms with E-state index in [1.54, 1.807) is 0 Å². The lowest BCUT2D eigenvalue weighted by molar-refractivity contribution is 0.0917. The number of ether oxygens (including phenoxy) is 1. The number of unbranched alkanes of at least 4 members (excludes halogenated alkanes) is 7. The van der Waals surface area contributed by atoms with Crippen LogP contribution in [0.25, 0.3) is 11.4 Å². The summed E-state index contributed by atoms with van der Waals surface area (Å²) in [6, 6.07) is 8.08. The van der Waals surface area contributed by atoms with Gasteiger partial charge < -0.3 is 9.84 Å². The van der Waals surface area contributed by atoms with Gasteiger partial charge in [-0.1, -0.05) is 51.9 Å². The summed E-state index contributed by atoms with van der Waals surface area (Å²) in [6.45, 7) is 3.00.